The minimum atomic E-state index is -1.09. The van der Waals surface area contributed by atoms with Gasteiger partial charge in [0.1, 0.15) is 11.9 Å². The maximum atomic E-state index is 13.1. The average Bonchev–Trinajstić information content (AvgIpc) is 3.37. The molecule has 0 bridgehead atoms. The standard InChI is InChI=1S/C18H17FN2O3/c19-14-3-1-13(2-4-14)18(7-8-18)17(24)21-15(16(22)23)11-12-5-9-20-10-6-12/h1-6,9-10,15H,7-8,11H2,(H,21,24)(H,22,23)/t15-/m0/s1. The molecule has 1 aliphatic carbocycles. The summed E-state index contributed by atoms with van der Waals surface area (Å²) in [5, 5.41) is 12.0. The van der Waals surface area contributed by atoms with Gasteiger partial charge in [-0.05, 0) is 48.2 Å². The first kappa shape index (κ1) is 16.1. The van der Waals surface area contributed by atoms with Crippen LogP contribution in [0.5, 0.6) is 0 Å². The van der Waals surface area contributed by atoms with Crippen molar-refractivity contribution < 1.29 is 19.1 Å². The topological polar surface area (TPSA) is 79.3 Å². The summed E-state index contributed by atoms with van der Waals surface area (Å²) in [6.45, 7) is 0. The molecule has 1 saturated carbocycles. The molecule has 0 unspecified atom stereocenters. The Labute approximate surface area is 138 Å². The molecule has 3 rings (SSSR count). The molecule has 5 nitrogen and oxygen atoms in total. The Kier molecular flexibility index (Phi) is 4.29. The third-order valence-electron chi connectivity index (χ3n) is 4.37. The molecular weight excluding hydrogens is 311 g/mol. The van der Waals surface area contributed by atoms with Gasteiger partial charge in [0.2, 0.25) is 5.91 Å². The predicted octanol–water partition coefficient (Wildman–Crippen LogP) is 2.06. The van der Waals surface area contributed by atoms with Gasteiger partial charge < -0.3 is 10.4 Å². The highest BCUT2D eigenvalue weighted by Crippen LogP contribution is 2.48. The Hall–Kier alpha value is -2.76. The van der Waals surface area contributed by atoms with Crippen LogP contribution in [-0.4, -0.2) is 28.0 Å². The number of amides is 1. The second kappa shape index (κ2) is 6.39. The minimum Gasteiger partial charge on any atom is -0.480 e. The first-order valence-electron chi connectivity index (χ1n) is 7.70. The summed E-state index contributed by atoms with van der Waals surface area (Å²) in [7, 11) is 0. The summed E-state index contributed by atoms with van der Waals surface area (Å²) >= 11 is 0. The molecule has 2 N–H and O–H groups in total. The van der Waals surface area contributed by atoms with Gasteiger partial charge in [0, 0.05) is 18.8 Å². The van der Waals surface area contributed by atoms with E-state index in [0.29, 0.717) is 12.8 Å². The fourth-order valence-corrected chi connectivity index (χ4v) is 2.79. The molecular formula is C18H17FN2O3. The number of carboxylic acids is 1. The SMILES string of the molecule is O=C(O)[C@H](Cc1ccncc1)NC(=O)C1(c2ccc(F)cc2)CC1. The van der Waals surface area contributed by atoms with Crippen molar-refractivity contribution in [3.8, 4) is 0 Å². The fraction of sp³-hybridized carbons (Fsp3) is 0.278. The lowest BCUT2D eigenvalue weighted by atomic mass is 9.94. The highest BCUT2D eigenvalue weighted by molar-refractivity contribution is 5.94. The first-order chi connectivity index (χ1) is 11.5. The maximum Gasteiger partial charge on any atom is 0.326 e. The third kappa shape index (κ3) is 3.27. The normalized spacial score (nSPS) is 16.2. The molecule has 1 aliphatic rings. The smallest absolute Gasteiger partial charge is 0.326 e. The zero-order valence-corrected chi connectivity index (χ0v) is 12.9. The predicted molar refractivity (Wildman–Crippen MR) is 84.8 cm³/mol. The lowest BCUT2D eigenvalue weighted by Gasteiger charge is -2.20. The molecule has 0 radical (unpaired) electrons. The largest absolute Gasteiger partial charge is 0.480 e. The number of carboxylic acid groups (broad SMARTS) is 1. The van der Waals surface area contributed by atoms with E-state index in [0.717, 1.165) is 11.1 Å². The highest BCUT2D eigenvalue weighted by atomic mass is 19.1. The summed E-state index contributed by atoms with van der Waals surface area (Å²) in [5.74, 6) is -1.78. The second-order valence-electron chi connectivity index (χ2n) is 6.01. The number of nitrogens with one attached hydrogen (secondary N) is 1. The number of nitrogens with zero attached hydrogens (tertiary/aromatic N) is 1. The Morgan fingerprint density at radius 2 is 1.79 bits per heavy atom. The Bertz CT molecular complexity index is 743. The van der Waals surface area contributed by atoms with E-state index in [1.54, 1.807) is 36.7 Å². The van der Waals surface area contributed by atoms with E-state index in [2.05, 4.69) is 10.3 Å². The number of pyridine rings is 1. The summed E-state index contributed by atoms with van der Waals surface area (Å²) < 4.78 is 13.1. The van der Waals surface area contributed by atoms with Crippen molar-refractivity contribution in [1.29, 1.82) is 0 Å². The van der Waals surface area contributed by atoms with Crippen molar-refractivity contribution in [2.45, 2.75) is 30.7 Å². The molecule has 0 spiro atoms. The molecule has 2 aromatic rings. The van der Waals surface area contributed by atoms with Crippen LogP contribution in [0.25, 0.3) is 0 Å². The van der Waals surface area contributed by atoms with Crippen LogP contribution in [0.1, 0.15) is 24.0 Å². The first-order valence-corrected chi connectivity index (χ1v) is 7.70. The van der Waals surface area contributed by atoms with Crippen LogP contribution in [0, 0.1) is 5.82 Å². The molecule has 1 atom stereocenters. The molecule has 1 amide bonds. The number of carbonyl (C=O) groups is 2. The monoisotopic (exact) mass is 328 g/mol. The van der Waals surface area contributed by atoms with Gasteiger partial charge in [0.25, 0.3) is 0 Å². The fourth-order valence-electron chi connectivity index (χ4n) is 2.79. The summed E-state index contributed by atoms with van der Waals surface area (Å²) in [6, 6.07) is 8.21. The van der Waals surface area contributed by atoms with E-state index < -0.39 is 17.4 Å². The van der Waals surface area contributed by atoms with Crippen molar-refractivity contribution in [3.63, 3.8) is 0 Å². The Balaban J connectivity index is 1.74. The van der Waals surface area contributed by atoms with Crippen molar-refractivity contribution >= 4 is 11.9 Å². The van der Waals surface area contributed by atoms with E-state index in [1.807, 2.05) is 0 Å². The van der Waals surface area contributed by atoms with Gasteiger partial charge in [-0.2, -0.15) is 0 Å². The molecule has 24 heavy (non-hydrogen) atoms. The van der Waals surface area contributed by atoms with Gasteiger partial charge in [-0.15, -0.1) is 0 Å². The van der Waals surface area contributed by atoms with Gasteiger partial charge in [-0.1, -0.05) is 12.1 Å². The van der Waals surface area contributed by atoms with Gasteiger partial charge in [-0.25, -0.2) is 9.18 Å². The lowest BCUT2D eigenvalue weighted by molar-refractivity contribution is -0.142. The molecule has 1 aromatic heterocycles. The molecule has 124 valence electrons. The van der Waals surface area contributed by atoms with Crippen molar-refractivity contribution in [2.75, 3.05) is 0 Å². The average molecular weight is 328 g/mol. The van der Waals surface area contributed by atoms with E-state index in [1.165, 1.54) is 12.1 Å². The van der Waals surface area contributed by atoms with Crippen molar-refractivity contribution in [3.05, 3.63) is 65.7 Å². The number of benzene rings is 1. The van der Waals surface area contributed by atoms with E-state index in [9.17, 15) is 19.1 Å². The number of aromatic nitrogens is 1. The van der Waals surface area contributed by atoms with Crippen LogP contribution in [0.3, 0.4) is 0 Å². The molecule has 1 aromatic carbocycles. The molecule has 6 heteroatoms. The minimum absolute atomic E-state index is 0.184. The van der Waals surface area contributed by atoms with Gasteiger partial charge >= 0.3 is 5.97 Å². The maximum absolute atomic E-state index is 13.1. The quantitative estimate of drug-likeness (QED) is 0.851. The zero-order chi connectivity index (χ0) is 17.2. The molecule has 1 heterocycles. The summed E-state index contributed by atoms with van der Waals surface area (Å²) in [4.78, 5) is 28.0. The van der Waals surface area contributed by atoms with Crippen molar-refractivity contribution in [2.24, 2.45) is 0 Å². The Morgan fingerprint density at radius 1 is 1.17 bits per heavy atom. The van der Waals surface area contributed by atoms with Gasteiger partial charge in [0.15, 0.2) is 0 Å². The van der Waals surface area contributed by atoms with E-state index in [-0.39, 0.29) is 18.1 Å². The molecule has 0 aliphatic heterocycles. The zero-order valence-electron chi connectivity index (χ0n) is 12.9. The number of halogens is 1. The molecule has 0 saturated heterocycles. The Morgan fingerprint density at radius 3 is 2.33 bits per heavy atom. The van der Waals surface area contributed by atoms with Gasteiger partial charge in [-0.3, -0.25) is 9.78 Å². The van der Waals surface area contributed by atoms with Gasteiger partial charge in [0.05, 0.1) is 5.41 Å². The van der Waals surface area contributed by atoms with Crippen LogP contribution >= 0.6 is 0 Å². The second-order valence-corrected chi connectivity index (χ2v) is 6.01. The number of hydrogen-bond donors (Lipinski definition) is 2. The lowest BCUT2D eigenvalue weighted by Crippen LogP contribution is -2.46. The highest BCUT2D eigenvalue weighted by Gasteiger charge is 2.51. The van der Waals surface area contributed by atoms with Crippen LogP contribution in [0.4, 0.5) is 4.39 Å². The van der Waals surface area contributed by atoms with Crippen molar-refractivity contribution in [1.82, 2.24) is 10.3 Å². The summed E-state index contributed by atoms with van der Waals surface area (Å²) in [6.07, 6.45) is 4.61. The third-order valence-corrected chi connectivity index (χ3v) is 4.37. The van der Waals surface area contributed by atoms with E-state index in [4.69, 9.17) is 0 Å². The van der Waals surface area contributed by atoms with Crippen LogP contribution in [-0.2, 0) is 21.4 Å². The van der Waals surface area contributed by atoms with Crippen LogP contribution in [0.2, 0.25) is 0 Å². The number of carbonyl (C=O) groups excluding carboxylic acids is 1. The van der Waals surface area contributed by atoms with E-state index >= 15 is 0 Å². The number of rotatable bonds is 6. The number of aliphatic carboxylic acids is 1. The van der Waals surface area contributed by atoms with Crippen LogP contribution in [0.15, 0.2) is 48.8 Å². The van der Waals surface area contributed by atoms with Crippen LogP contribution < -0.4 is 5.32 Å². The number of hydrogen-bond acceptors (Lipinski definition) is 3. The molecule has 1 fully saturated rings. The summed E-state index contributed by atoms with van der Waals surface area (Å²) in [5.41, 5.74) is 0.762.